The van der Waals surface area contributed by atoms with E-state index in [0.29, 0.717) is 17.8 Å². The first kappa shape index (κ1) is 12.2. The summed E-state index contributed by atoms with van der Waals surface area (Å²) in [6.45, 7) is 3.82. The topological polar surface area (TPSA) is 67.8 Å². The summed E-state index contributed by atoms with van der Waals surface area (Å²) in [6.07, 6.45) is 3.66. The lowest BCUT2D eigenvalue weighted by atomic mass is 10.2. The Morgan fingerprint density at radius 2 is 2.22 bits per heavy atom. The zero-order chi connectivity index (χ0) is 13.0. The Bertz CT molecular complexity index is 568. The van der Waals surface area contributed by atoms with Gasteiger partial charge in [-0.05, 0) is 25.5 Å². The van der Waals surface area contributed by atoms with Gasteiger partial charge in [0.05, 0.1) is 11.3 Å². The van der Waals surface area contributed by atoms with Crippen LogP contribution in [0, 0.1) is 6.92 Å². The van der Waals surface area contributed by atoms with Crippen LogP contribution in [0.15, 0.2) is 30.7 Å². The molecule has 2 aromatic rings. The highest BCUT2D eigenvalue weighted by Gasteiger charge is 2.12. The fourth-order valence-electron chi connectivity index (χ4n) is 1.62. The van der Waals surface area contributed by atoms with Crippen LogP contribution >= 0.6 is 0 Å². The zero-order valence-electron chi connectivity index (χ0n) is 10.3. The van der Waals surface area contributed by atoms with Crippen LogP contribution in [0.2, 0.25) is 0 Å². The minimum absolute atomic E-state index is 0.231. The quantitative estimate of drug-likeness (QED) is 0.893. The van der Waals surface area contributed by atoms with Crippen molar-refractivity contribution in [2.45, 2.75) is 20.3 Å². The smallest absolute Gasteiger partial charge is 0.260 e. The maximum atomic E-state index is 12.1. The van der Waals surface area contributed by atoms with Crippen LogP contribution in [0.25, 0.3) is 0 Å². The highest BCUT2D eigenvalue weighted by Crippen LogP contribution is 2.09. The van der Waals surface area contributed by atoms with Gasteiger partial charge < -0.3 is 5.32 Å². The Morgan fingerprint density at radius 3 is 2.94 bits per heavy atom. The average Bonchev–Trinajstić information content (AvgIpc) is 2.38. The number of amides is 1. The van der Waals surface area contributed by atoms with Crippen molar-refractivity contribution in [1.82, 2.24) is 15.0 Å². The van der Waals surface area contributed by atoms with Gasteiger partial charge in [0, 0.05) is 11.9 Å². The number of anilines is 1. The number of nitrogens with zero attached hydrogens (tertiary/aromatic N) is 3. The molecule has 5 nitrogen and oxygen atoms in total. The number of rotatable bonds is 3. The third kappa shape index (κ3) is 2.68. The summed E-state index contributed by atoms with van der Waals surface area (Å²) in [5.41, 5.74) is 2.08. The molecule has 1 N–H and O–H groups in total. The molecule has 0 aliphatic heterocycles. The number of carbonyl (C=O) groups excluding carboxylic acids is 1. The number of pyridine rings is 1. The average molecular weight is 242 g/mol. The molecule has 18 heavy (non-hydrogen) atoms. The minimum atomic E-state index is -0.231. The molecule has 0 aromatic carbocycles. The molecule has 0 atom stereocenters. The molecule has 0 radical (unpaired) electrons. The molecule has 2 rings (SSSR count). The first-order chi connectivity index (χ1) is 8.70. The molecule has 0 spiro atoms. The van der Waals surface area contributed by atoms with Crippen molar-refractivity contribution >= 4 is 11.7 Å². The van der Waals surface area contributed by atoms with E-state index in [1.54, 1.807) is 6.07 Å². The van der Waals surface area contributed by atoms with Crippen molar-refractivity contribution in [2.75, 3.05) is 5.32 Å². The number of carbonyl (C=O) groups is 1. The van der Waals surface area contributed by atoms with Crippen molar-refractivity contribution in [3.8, 4) is 0 Å². The summed E-state index contributed by atoms with van der Waals surface area (Å²) < 4.78 is 0. The SMILES string of the molecule is CCc1ncncc1C(=O)Nc1cccc(C)n1. The molecule has 5 heteroatoms. The Balaban J connectivity index is 2.22. The fourth-order valence-corrected chi connectivity index (χ4v) is 1.62. The molecule has 0 saturated carbocycles. The molecule has 2 heterocycles. The fraction of sp³-hybridized carbons (Fsp3) is 0.231. The monoisotopic (exact) mass is 242 g/mol. The van der Waals surface area contributed by atoms with E-state index in [9.17, 15) is 4.79 Å². The minimum Gasteiger partial charge on any atom is -0.306 e. The molecular weight excluding hydrogens is 228 g/mol. The molecule has 0 bridgehead atoms. The van der Waals surface area contributed by atoms with Crippen LogP contribution in [0.3, 0.4) is 0 Å². The van der Waals surface area contributed by atoms with E-state index >= 15 is 0 Å². The third-order valence-corrected chi connectivity index (χ3v) is 2.50. The highest BCUT2D eigenvalue weighted by atomic mass is 16.1. The molecule has 0 unspecified atom stereocenters. The number of aryl methyl sites for hydroxylation is 2. The standard InChI is InChI=1S/C13H14N4O/c1-3-11-10(7-14-8-15-11)13(18)17-12-6-4-5-9(2)16-12/h4-8H,3H2,1-2H3,(H,16,17,18). The van der Waals surface area contributed by atoms with Gasteiger partial charge in [-0.15, -0.1) is 0 Å². The Kier molecular flexibility index (Phi) is 3.62. The van der Waals surface area contributed by atoms with E-state index in [4.69, 9.17) is 0 Å². The van der Waals surface area contributed by atoms with Crippen molar-refractivity contribution in [2.24, 2.45) is 0 Å². The van der Waals surface area contributed by atoms with Gasteiger partial charge in [0.2, 0.25) is 0 Å². The van der Waals surface area contributed by atoms with Crippen LogP contribution in [0.5, 0.6) is 0 Å². The molecule has 1 amide bonds. The Morgan fingerprint density at radius 1 is 1.39 bits per heavy atom. The predicted octanol–water partition coefficient (Wildman–Crippen LogP) is 1.99. The van der Waals surface area contributed by atoms with Crippen molar-refractivity contribution in [3.63, 3.8) is 0 Å². The maximum Gasteiger partial charge on any atom is 0.260 e. The lowest BCUT2D eigenvalue weighted by Crippen LogP contribution is -2.16. The molecular formula is C13H14N4O. The van der Waals surface area contributed by atoms with E-state index in [1.807, 2.05) is 26.0 Å². The van der Waals surface area contributed by atoms with Gasteiger partial charge in [-0.3, -0.25) is 4.79 Å². The van der Waals surface area contributed by atoms with Gasteiger partial charge in [-0.1, -0.05) is 13.0 Å². The first-order valence-corrected chi connectivity index (χ1v) is 5.74. The number of hydrogen-bond acceptors (Lipinski definition) is 4. The summed E-state index contributed by atoms with van der Waals surface area (Å²) in [6, 6.07) is 5.47. The van der Waals surface area contributed by atoms with Crippen LogP contribution in [-0.4, -0.2) is 20.9 Å². The van der Waals surface area contributed by atoms with E-state index in [2.05, 4.69) is 20.3 Å². The summed E-state index contributed by atoms with van der Waals surface area (Å²) >= 11 is 0. The molecule has 0 aliphatic rings. The number of hydrogen-bond donors (Lipinski definition) is 1. The molecule has 0 saturated heterocycles. The largest absolute Gasteiger partial charge is 0.306 e. The number of nitrogens with one attached hydrogen (secondary N) is 1. The van der Waals surface area contributed by atoms with Gasteiger partial charge >= 0.3 is 0 Å². The number of aromatic nitrogens is 3. The summed E-state index contributed by atoms with van der Waals surface area (Å²) in [7, 11) is 0. The van der Waals surface area contributed by atoms with E-state index in [0.717, 1.165) is 11.4 Å². The lowest BCUT2D eigenvalue weighted by Gasteiger charge is -2.07. The van der Waals surface area contributed by atoms with Crippen LogP contribution < -0.4 is 5.32 Å². The van der Waals surface area contributed by atoms with Crippen molar-refractivity contribution in [1.29, 1.82) is 0 Å². The summed E-state index contributed by atoms with van der Waals surface area (Å²) in [5, 5.41) is 2.74. The van der Waals surface area contributed by atoms with Gasteiger partial charge in [-0.2, -0.15) is 0 Å². The van der Waals surface area contributed by atoms with Gasteiger partial charge in [0.25, 0.3) is 5.91 Å². The lowest BCUT2D eigenvalue weighted by molar-refractivity contribution is 0.102. The summed E-state index contributed by atoms with van der Waals surface area (Å²) in [4.78, 5) is 24.3. The molecule has 0 fully saturated rings. The van der Waals surface area contributed by atoms with Crippen LogP contribution in [-0.2, 0) is 6.42 Å². The van der Waals surface area contributed by atoms with Gasteiger partial charge in [0.15, 0.2) is 0 Å². The van der Waals surface area contributed by atoms with Crippen molar-refractivity contribution < 1.29 is 4.79 Å². The van der Waals surface area contributed by atoms with Gasteiger partial charge in [0.1, 0.15) is 12.1 Å². The first-order valence-electron chi connectivity index (χ1n) is 5.74. The second-order valence-corrected chi connectivity index (χ2v) is 3.85. The maximum absolute atomic E-state index is 12.1. The zero-order valence-corrected chi connectivity index (χ0v) is 10.3. The van der Waals surface area contributed by atoms with Crippen LogP contribution in [0.4, 0.5) is 5.82 Å². The molecule has 2 aromatic heterocycles. The van der Waals surface area contributed by atoms with E-state index in [-0.39, 0.29) is 5.91 Å². The van der Waals surface area contributed by atoms with Crippen molar-refractivity contribution in [3.05, 3.63) is 47.7 Å². The van der Waals surface area contributed by atoms with Crippen LogP contribution in [0.1, 0.15) is 28.7 Å². The normalized spacial score (nSPS) is 10.1. The molecule has 0 aliphatic carbocycles. The summed E-state index contributed by atoms with van der Waals surface area (Å²) in [5.74, 6) is 0.302. The third-order valence-electron chi connectivity index (χ3n) is 2.50. The highest BCUT2D eigenvalue weighted by molar-refractivity contribution is 6.04. The molecule has 92 valence electrons. The predicted molar refractivity (Wildman–Crippen MR) is 68.3 cm³/mol. The van der Waals surface area contributed by atoms with E-state index in [1.165, 1.54) is 12.5 Å². The Labute approximate surface area is 105 Å². The Hall–Kier alpha value is -2.30. The van der Waals surface area contributed by atoms with Gasteiger partial charge in [-0.25, -0.2) is 15.0 Å². The second kappa shape index (κ2) is 5.35. The van der Waals surface area contributed by atoms with E-state index < -0.39 is 0 Å². The second-order valence-electron chi connectivity index (χ2n) is 3.85.